The maximum atomic E-state index is 11.0. The molecule has 0 bridgehead atoms. The molecular formula is C9H12N2OS. The Morgan fingerprint density at radius 3 is 2.85 bits per heavy atom. The molecule has 0 aliphatic carbocycles. The highest BCUT2D eigenvalue weighted by Gasteiger charge is 2.16. The van der Waals surface area contributed by atoms with E-state index in [1.54, 1.807) is 0 Å². The maximum absolute atomic E-state index is 11.0. The van der Waals surface area contributed by atoms with Crippen LogP contribution in [0.4, 0.5) is 0 Å². The number of aromatic nitrogens is 1. The van der Waals surface area contributed by atoms with Gasteiger partial charge in [-0.25, -0.2) is 0 Å². The van der Waals surface area contributed by atoms with E-state index in [-0.39, 0.29) is 0 Å². The van der Waals surface area contributed by atoms with Crippen LogP contribution in [0.2, 0.25) is 0 Å². The van der Waals surface area contributed by atoms with Crippen molar-refractivity contribution in [3.8, 4) is 0 Å². The molecule has 2 rings (SSSR count). The number of piperidine rings is 1. The van der Waals surface area contributed by atoms with Crippen molar-refractivity contribution in [3.05, 3.63) is 17.1 Å². The molecule has 0 atom stereocenters. The van der Waals surface area contributed by atoms with Gasteiger partial charge in [-0.3, -0.25) is 9.69 Å². The first-order valence-corrected chi connectivity index (χ1v) is 5.31. The molecular weight excluding hydrogens is 184 g/mol. The minimum Gasteiger partial charge on any atom is -0.300 e. The molecule has 4 heteroatoms. The van der Waals surface area contributed by atoms with Crippen molar-refractivity contribution in [1.29, 1.82) is 0 Å². The first-order valence-electron chi connectivity index (χ1n) is 4.48. The zero-order valence-corrected chi connectivity index (χ0v) is 8.22. The Morgan fingerprint density at radius 2 is 2.23 bits per heavy atom. The van der Waals surface area contributed by atoms with Crippen molar-refractivity contribution in [2.75, 3.05) is 13.1 Å². The Balaban J connectivity index is 1.86. The van der Waals surface area contributed by atoms with E-state index in [4.69, 9.17) is 0 Å². The summed E-state index contributed by atoms with van der Waals surface area (Å²) in [6.45, 7) is 2.70. The number of carbonyl (C=O) groups excluding carboxylic acids is 1. The molecule has 3 nitrogen and oxygen atoms in total. The number of hydrogen-bond acceptors (Lipinski definition) is 4. The molecule has 0 N–H and O–H groups in total. The van der Waals surface area contributed by atoms with Crippen LogP contribution < -0.4 is 0 Å². The predicted octanol–water partition coefficient (Wildman–Crippen LogP) is 1.31. The highest BCUT2D eigenvalue weighted by atomic mass is 32.1. The van der Waals surface area contributed by atoms with Crippen LogP contribution in [0.3, 0.4) is 0 Å². The van der Waals surface area contributed by atoms with Crippen LogP contribution >= 0.6 is 11.5 Å². The number of carbonyl (C=O) groups is 1. The van der Waals surface area contributed by atoms with Crippen LogP contribution in [0.15, 0.2) is 11.4 Å². The van der Waals surface area contributed by atoms with Gasteiger partial charge in [0.25, 0.3) is 0 Å². The van der Waals surface area contributed by atoms with Gasteiger partial charge in [-0.05, 0) is 17.6 Å². The third kappa shape index (κ3) is 2.35. The highest BCUT2D eigenvalue weighted by molar-refractivity contribution is 7.03. The third-order valence-electron chi connectivity index (χ3n) is 2.29. The quantitative estimate of drug-likeness (QED) is 0.715. The highest BCUT2D eigenvalue weighted by Crippen LogP contribution is 2.10. The molecule has 1 saturated heterocycles. The Kier molecular flexibility index (Phi) is 2.71. The van der Waals surface area contributed by atoms with Gasteiger partial charge in [-0.1, -0.05) is 0 Å². The monoisotopic (exact) mass is 196 g/mol. The lowest BCUT2D eigenvalue weighted by Crippen LogP contribution is -2.33. The minimum absolute atomic E-state index is 0.398. The SMILES string of the molecule is O=C1CCN(Cc2ccsn2)CC1. The van der Waals surface area contributed by atoms with Gasteiger partial charge >= 0.3 is 0 Å². The summed E-state index contributed by atoms with van der Waals surface area (Å²) < 4.78 is 4.24. The Morgan fingerprint density at radius 1 is 1.46 bits per heavy atom. The summed E-state index contributed by atoms with van der Waals surface area (Å²) in [5.74, 6) is 0.398. The normalized spacial score (nSPS) is 19.2. The average molecular weight is 196 g/mol. The van der Waals surface area contributed by atoms with Crippen molar-refractivity contribution in [2.45, 2.75) is 19.4 Å². The molecule has 1 aliphatic heterocycles. The fraction of sp³-hybridized carbons (Fsp3) is 0.556. The molecule has 70 valence electrons. The molecule has 0 saturated carbocycles. The lowest BCUT2D eigenvalue weighted by Gasteiger charge is -2.24. The Hall–Kier alpha value is -0.740. The van der Waals surface area contributed by atoms with E-state index in [2.05, 4.69) is 9.27 Å². The van der Waals surface area contributed by atoms with Crippen LogP contribution in [0.1, 0.15) is 18.5 Å². The molecule has 1 aromatic rings. The zero-order chi connectivity index (χ0) is 9.10. The average Bonchev–Trinajstić information content (AvgIpc) is 2.62. The number of hydrogen-bond donors (Lipinski definition) is 0. The second kappa shape index (κ2) is 3.98. The van der Waals surface area contributed by atoms with Crippen molar-refractivity contribution in [3.63, 3.8) is 0 Å². The number of ketones is 1. The predicted molar refractivity (Wildman–Crippen MR) is 51.6 cm³/mol. The zero-order valence-electron chi connectivity index (χ0n) is 7.40. The molecule has 1 fully saturated rings. The van der Waals surface area contributed by atoms with E-state index in [1.807, 2.05) is 11.4 Å². The topological polar surface area (TPSA) is 33.2 Å². The van der Waals surface area contributed by atoms with Gasteiger partial charge in [0.05, 0.1) is 5.69 Å². The molecule has 0 radical (unpaired) electrons. The first-order chi connectivity index (χ1) is 6.34. The third-order valence-corrected chi connectivity index (χ3v) is 2.89. The minimum atomic E-state index is 0.398. The maximum Gasteiger partial charge on any atom is 0.135 e. The largest absolute Gasteiger partial charge is 0.300 e. The smallest absolute Gasteiger partial charge is 0.135 e. The van der Waals surface area contributed by atoms with Crippen LogP contribution in [0.5, 0.6) is 0 Å². The van der Waals surface area contributed by atoms with E-state index < -0.39 is 0 Å². The summed E-state index contributed by atoms with van der Waals surface area (Å²) in [6.07, 6.45) is 1.42. The summed E-state index contributed by atoms with van der Waals surface area (Å²) in [5.41, 5.74) is 1.12. The van der Waals surface area contributed by atoms with Crippen LogP contribution in [0, 0.1) is 0 Å². The summed E-state index contributed by atoms with van der Waals surface area (Å²) in [5, 5.41) is 1.99. The van der Waals surface area contributed by atoms with Crippen molar-refractivity contribution in [2.24, 2.45) is 0 Å². The van der Waals surface area contributed by atoms with E-state index in [0.717, 1.165) is 25.3 Å². The fourth-order valence-electron chi connectivity index (χ4n) is 1.51. The van der Waals surface area contributed by atoms with E-state index >= 15 is 0 Å². The van der Waals surface area contributed by atoms with Gasteiger partial charge in [0.15, 0.2) is 0 Å². The molecule has 1 aliphatic rings. The van der Waals surface area contributed by atoms with E-state index in [1.165, 1.54) is 11.5 Å². The molecule has 0 aromatic carbocycles. The number of likely N-dealkylation sites (tertiary alicyclic amines) is 1. The molecule has 1 aromatic heterocycles. The van der Waals surface area contributed by atoms with Crippen molar-refractivity contribution >= 4 is 17.3 Å². The first kappa shape index (κ1) is 8.84. The summed E-state index contributed by atoms with van der Waals surface area (Å²) in [6, 6.07) is 2.04. The molecule has 2 heterocycles. The summed E-state index contributed by atoms with van der Waals surface area (Å²) >= 11 is 1.49. The Bertz CT molecular complexity index is 274. The fourth-order valence-corrected chi connectivity index (χ4v) is 2.04. The lowest BCUT2D eigenvalue weighted by atomic mass is 10.1. The second-order valence-corrected chi connectivity index (χ2v) is 3.97. The van der Waals surface area contributed by atoms with Crippen LogP contribution in [-0.2, 0) is 11.3 Å². The van der Waals surface area contributed by atoms with E-state index in [0.29, 0.717) is 18.6 Å². The summed E-state index contributed by atoms with van der Waals surface area (Å²) in [4.78, 5) is 13.3. The second-order valence-electron chi connectivity index (χ2n) is 3.31. The number of Topliss-reactive ketones (excluding diaryl/α,β-unsaturated/α-hetero) is 1. The summed E-state index contributed by atoms with van der Waals surface area (Å²) in [7, 11) is 0. The van der Waals surface area contributed by atoms with Gasteiger partial charge in [-0.2, -0.15) is 4.37 Å². The lowest BCUT2D eigenvalue weighted by molar-refractivity contribution is -0.121. The molecule has 0 spiro atoms. The van der Waals surface area contributed by atoms with Gasteiger partial charge in [0.2, 0.25) is 0 Å². The number of nitrogens with zero attached hydrogens (tertiary/aromatic N) is 2. The standard InChI is InChI=1S/C9H12N2OS/c12-9-1-4-11(5-2-9)7-8-3-6-13-10-8/h3,6H,1-2,4-5,7H2. The number of rotatable bonds is 2. The van der Waals surface area contributed by atoms with Gasteiger partial charge in [0, 0.05) is 37.9 Å². The van der Waals surface area contributed by atoms with E-state index in [9.17, 15) is 4.79 Å². The van der Waals surface area contributed by atoms with Gasteiger partial charge in [0.1, 0.15) is 5.78 Å². The van der Waals surface area contributed by atoms with Crippen molar-refractivity contribution in [1.82, 2.24) is 9.27 Å². The van der Waals surface area contributed by atoms with Crippen molar-refractivity contribution < 1.29 is 4.79 Å². The van der Waals surface area contributed by atoms with Gasteiger partial charge < -0.3 is 0 Å². The molecule has 0 amide bonds. The molecule has 13 heavy (non-hydrogen) atoms. The van der Waals surface area contributed by atoms with Crippen LogP contribution in [0.25, 0.3) is 0 Å². The van der Waals surface area contributed by atoms with Crippen LogP contribution in [-0.4, -0.2) is 28.1 Å². The molecule has 0 unspecified atom stereocenters. The Labute approximate surface area is 81.5 Å². The van der Waals surface area contributed by atoms with Gasteiger partial charge in [-0.15, -0.1) is 0 Å².